The number of hydrogen-bond donors (Lipinski definition) is 2. The summed E-state index contributed by atoms with van der Waals surface area (Å²) in [6.45, 7) is 5.41. The number of halogens is 1. The zero-order valence-electron chi connectivity index (χ0n) is 8.88. The fraction of sp³-hybridized carbons (Fsp3) is 0.600. The van der Waals surface area contributed by atoms with Crippen LogP contribution in [0.15, 0.2) is 12.7 Å². The lowest BCUT2D eigenvalue weighted by Gasteiger charge is -2.18. The van der Waals surface area contributed by atoms with Gasteiger partial charge < -0.3 is 10.6 Å². The number of rotatable bonds is 7. The van der Waals surface area contributed by atoms with Crippen LogP contribution in [-0.4, -0.2) is 23.3 Å². The van der Waals surface area contributed by atoms with Gasteiger partial charge in [0, 0.05) is 0 Å². The molecule has 1 unspecified atom stereocenters. The van der Waals surface area contributed by atoms with Gasteiger partial charge >= 0.3 is 0 Å². The normalized spacial score (nSPS) is 11.6. The monoisotopic (exact) mass is 276 g/mol. The highest BCUT2D eigenvalue weighted by Gasteiger charge is 2.11. The molecule has 0 aliphatic carbocycles. The molecule has 0 heterocycles. The maximum absolute atomic E-state index is 11.1. The second kappa shape index (κ2) is 8.47. The van der Waals surface area contributed by atoms with E-state index in [9.17, 15) is 9.59 Å². The van der Waals surface area contributed by atoms with Crippen LogP contribution in [0.4, 0.5) is 0 Å². The highest BCUT2D eigenvalue weighted by molar-refractivity contribution is 9.09. The van der Waals surface area contributed by atoms with Crippen LogP contribution < -0.4 is 10.6 Å². The van der Waals surface area contributed by atoms with Crippen molar-refractivity contribution in [1.29, 1.82) is 0 Å². The van der Waals surface area contributed by atoms with Gasteiger partial charge in [0.2, 0.25) is 11.8 Å². The first-order valence-corrected chi connectivity index (χ1v) is 6.04. The minimum Gasteiger partial charge on any atom is -0.335 e. The lowest BCUT2D eigenvalue weighted by Crippen LogP contribution is -2.47. The van der Waals surface area contributed by atoms with Gasteiger partial charge in [-0.15, -0.1) is 0 Å². The number of amides is 2. The molecule has 0 spiro atoms. The average Bonchev–Trinajstić information content (AvgIpc) is 2.25. The number of carbonyl (C=O) groups is 2. The minimum atomic E-state index is -0.305. The predicted molar refractivity (Wildman–Crippen MR) is 63.6 cm³/mol. The van der Waals surface area contributed by atoms with Crippen LogP contribution in [-0.2, 0) is 9.59 Å². The second-order valence-corrected chi connectivity index (χ2v) is 3.67. The van der Waals surface area contributed by atoms with Crippen LogP contribution in [0.25, 0.3) is 0 Å². The van der Waals surface area contributed by atoms with Gasteiger partial charge in [0.15, 0.2) is 0 Å². The Bertz CT molecular complexity index is 231. The van der Waals surface area contributed by atoms with Gasteiger partial charge in [-0.3, -0.25) is 9.59 Å². The second-order valence-electron chi connectivity index (χ2n) is 3.11. The summed E-state index contributed by atoms with van der Waals surface area (Å²) >= 11 is 3.05. The number of hydrogen-bond acceptors (Lipinski definition) is 2. The van der Waals surface area contributed by atoms with Gasteiger partial charge in [-0.2, -0.15) is 0 Å². The summed E-state index contributed by atoms with van der Waals surface area (Å²) in [5.41, 5.74) is 0. The third-order valence-corrected chi connectivity index (χ3v) is 2.31. The molecular formula is C10H17BrN2O2. The van der Waals surface area contributed by atoms with Gasteiger partial charge in [0.1, 0.15) is 6.17 Å². The molecule has 1 atom stereocenters. The molecule has 0 aliphatic rings. The summed E-state index contributed by atoms with van der Waals surface area (Å²) in [6, 6.07) is 0. The highest BCUT2D eigenvalue weighted by atomic mass is 79.9. The van der Waals surface area contributed by atoms with E-state index >= 15 is 0 Å². The Kier molecular flexibility index (Phi) is 7.99. The molecule has 0 aromatic carbocycles. The van der Waals surface area contributed by atoms with Crippen molar-refractivity contribution in [2.45, 2.75) is 32.4 Å². The zero-order chi connectivity index (χ0) is 11.7. The van der Waals surface area contributed by atoms with Gasteiger partial charge in [-0.05, 0) is 18.9 Å². The highest BCUT2D eigenvalue weighted by Crippen LogP contribution is 1.98. The molecule has 0 saturated heterocycles. The van der Waals surface area contributed by atoms with E-state index in [1.807, 2.05) is 0 Å². The summed E-state index contributed by atoms with van der Waals surface area (Å²) in [6.07, 6.45) is 3.59. The first kappa shape index (κ1) is 14.2. The SMILES string of the molecule is C=CC(=O)NC(CCCC)NC(=O)CBr. The Morgan fingerprint density at radius 1 is 1.47 bits per heavy atom. The summed E-state index contributed by atoms with van der Waals surface area (Å²) in [7, 11) is 0. The van der Waals surface area contributed by atoms with E-state index < -0.39 is 0 Å². The third-order valence-electron chi connectivity index (χ3n) is 1.80. The van der Waals surface area contributed by atoms with E-state index in [-0.39, 0.29) is 23.3 Å². The van der Waals surface area contributed by atoms with E-state index in [0.717, 1.165) is 19.3 Å². The molecule has 86 valence electrons. The van der Waals surface area contributed by atoms with E-state index in [0.29, 0.717) is 0 Å². The van der Waals surface area contributed by atoms with Crippen molar-refractivity contribution < 1.29 is 9.59 Å². The number of unbranched alkanes of at least 4 members (excludes halogenated alkanes) is 1. The molecule has 2 amide bonds. The molecule has 4 nitrogen and oxygen atoms in total. The number of carbonyl (C=O) groups excluding carboxylic acids is 2. The molecule has 0 radical (unpaired) electrons. The van der Waals surface area contributed by atoms with Crippen LogP contribution in [0.5, 0.6) is 0 Å². The van der Waals surface area contributed by atoms with Gasteiger partial charge in [0.25, 0.3) is 0 Å². The van der Waals surface area contributed by atoms with Crippen LogP contribution in [0.3, 0.4) is 0 Å². The largest absolute Gasteiger partial charge is 0.335 e. The van der Waals surface area contributed by atoms with Gasteiger partial charge in [0.05, 0.1) is 5.33 Å². The Balaban J connectivity index is 4.10. The lowest BCUT2D eigenvalue weighted by atomic mass is 10.2. The molecule has 2 N–H and O–H groups in total. The van der Waals surface area contributed by atoms with E-state index in [1.165, 1.54) is 6.08 Å². The summed E-state index contributed by atoms with van der Waals surface area (Å²) in [5.74, 6) is -0.411. The summed E-state index contributed by atoms with van der Waals surface area (Å²) < 4.78 is 0. The fourth-order valence-corrected chi connectivity index (χ4v) is 1.21. The first-order valence-electron chi connectivity index (χ1n) is 4.92. The maximum Gasteiger partial charge on any atom is 0.244 e. The maximum atomic E-state index is 11.1. The molecule has 0 fully saturated rings. The Hall–Kier alpha value is -0.840. The summed E-state index contributed by atoms with van der Waals surface area (Å²) in [4.78, 5) is 22.2. The van der Waals surface area contributed by atoms with Crippen molar-refractivity contribution >= 4 is 27.7 Å². The molecule has 15 heavy (non-hydrogen) atoms. The van der Waals surface area contributed by atoms with Crippen LogP contribution in [0, 0.1) is 0 Å². The number of nitrogens with one attached hydrogen (secondary N) is 2. The molecule has 0 saturated carbocycles. The first-order chi connectivity index (χ1) is 7.13. The molecule has 0 rings (SSSR count). The van der Waals surface area contributed by atoms with Crippen molar-refractivity contribution in [3.63, 3.8) is 0 Å². The molecule has 0 aromatic rings. The average molecular weight is 277 g/mol. The fourth-order valence-electron chi connectivity index (χ4n) is 1.05. The van der Waals surface area contributed by atoms with Crippen LogP contribution in [0.1, 0.15) is 26.2 Å². The Morgan fingerprint density at radius 3 is 2.60 bits per heavy atom. The molecule has 0 aromatic heterocycles. The topological polar surface area (TPSA) is 58.2 Å². The van der Waals surface area contributed by atoms with Crippen LogP contribution in [0.2, 0.25) is 0 Å². The van der Waals surface area contributed by atoms with Crippen molar-refractivity contribution in [1.82, 2.24) is 10.6 Å². The zero-order valence-corrected chi connectivity index (χ0v) is 10.5. The van der Waals surface area contributed by atoms with Crippen LogP contribution >= 0.6 is 15.9 Å². The molecular weight excluding hydrogens is 260 g/mol. The number of alkyl halides is 1. The van der Waals surface area contributed by atoms with Crippen molar-refractivity contribution in [2.24, 2.45) is 0 Å². The van der Waals surface area contributed by atoms with Crippen molar-refractivity contribution in [3.05, 3.63) is 12.7 Å². The quantitative estimate of drug-likeness (QED) is 0.419. The van der Waals surface area contributed by atoms with Gasteiger partial charge in [-0.25, -0.2) is 0 Å². The van der Waals surface area contributed by atoms with E-state index in [1.54, 1.807) is 0 Å². The van der Waals surface area contributed by atoms with E-state index in [4.69, 9.17) is 0 Å². The predicted octanol–water partition coefficient (Wildman–Crippen LogP) is 1.32. The molecule has 0 bridgehead atoms. The van der Waals surface area contributed by atoms with Crippen molar-refractivity contribution in [3.8, 4) is 0 Å². The van der Waals surface area contributed by atoms with Gasteiger partial charge in [-0.1, -0.05) is 35.9 Å². The summed E-state index contributed by atoms with van der Waals surface area (Å²) in [5, 5.41) is 5.59. The standard InChI is InChI=1S/C10H17BrN2O2/c1-3-5-6-8(12-9(14)4-2)13-10(15)7-11/h4,8H,2-3,5-7H2,1H3,(H,12,14)(H,13,15). The Labute approximate surface area is 98.6 Å². The smallest absolute Gasteiger partial charge is 0.244 e. The minimum absolute atomic E-state index is 0.138. The van der Waals surface area contributed by atoms with E-state index in [2.05, 4.69) is 40.1 Å². The molecule has 0 aliphatic heterocycles. The third kappa shape index (κ3) is 7.13. The van der Waals surface area contributed by atoms with Crippen molar-refractivity contribution in [2.75, 3.05) is 5.33 Å². The lowest BCUT2D eigenvalue weighted by molar-refractivity contribution is -0.120. The molecule has 5 heteroatoms. The Morgan fingerprint density at radius 2 is 2.13 bits per heavy atom.